The van der Waals surface area contributed by atoms with Gasteiger partial charge in [-0.3, -0.25) is 0 Å². The molecule has 1 unspecified atom stereocenters. The molecule has 1 aromatic heterocycles. The van der Waals surface area contributed by atoms with Gasteiger partial charge in [-0.1, -0.05) is 13.3 Å². The molecule has 1 heterocycles. The van der Waals surface area contributed by atoms with Crippen LogP contribution >= 0.6 is 27.3 Å². The molecule has 0 amide bonds. The van der Waals surface area contributed by atoms with Gasteiger partial charge in [-0.2, -0.15) is 0 Å². The van der Waals surface area contributed by atoms with Crippen LogP contribution in [0.25, 0.3) is 0 Å². The second kappa shape index (κ2) is 4.78. The Morgan fingerprint density at radius 3 is 3.09 bits per heavy atom. The first kappa shape index (κ1) is 9.07. The summed E-state index contributed by atoms with van der Waals surface area (Å²) in [7, 11) is 0. The van der Waals surface area contributed by atoms with Gasteiger partial charge < -0.3 is 4.74 Å². The van der Waals surface area contributed by atoms with Crippen molar-refractivity contribution in [1.29, 1.82) is 0 Å². The summed E-state index contributed by atoms with van der Waals surface area (Å²) < 4.78 is 5.52. The van der Waals surface area contributed by atoms with Crippen LogP contribution in [-0.2, 0) is 0 Å². The van der Waals surface area contributed by atoms with Crippen molar-refractivity contribution in [2.75, 3.05) is 0 Å². The predicted molar refractivity (Wildman–Crippen MR) is 52.6 cm³/mol. The average Bonchev–Trinajstić information content (AvgIpc) is 2.40. The third-order valence-corrected chi connectivity index (χ3v) is 2.58. The van der Waals surface area contributed by atoms with Crippen molar-refractivity contribution in [1.82, 2.24) is 0 Å². The maximum absolute atomic E-state index is 5.52. The minimum atomic E-state index is 0.169. The molecule has 0 bridgehead atoms. The molecule has 62 valence electrons. The zero-order chi connectivity index (χ0) is 8.10. The molecule has 3 heteroatoms. The van der Waals surface area contributed by atoms with Gasteiger partial charge in [-0.15, -0.1) is 11.3 Å². The van der Waals surface area contributed by atoms with Crippen LogP contribution in [0.5, 0.6) is 5.75 Å². The summed E-state index contributed by atoms with van der Waals surface area (Å²) in [5.41, 5.74) is 0. The Hall–Kier alpha value is -0.0200. The number of thiophene rings is 1. The molecule has 0 spiro atoms. The lowest BCUT2D eigenvalue weighted by molar-refractivity contribution is 0.283. The highest BCUT2D eigenvalue weighted by molar-refractivity contribution is 9.09. The van der Waals surface area contributed by atoms with Gasteiger partial charge in [0.25, 0.3) is 0 Å². The minimum absolute atomic E-state index is 0.169. The summed E-state index contributed by atoms with van der Waals surface area (Å²) in [6.45, 7) is 2.14. The molecule has 0 radical (unpaired) electrons. The number of hydrogen-bond donors (Lipinski definition) is 0. The Labute approximate surface area is 79.5 Å². The molecule has 1 aromatic rings. The van der Waals surface area contributed by atoms with Gasteiger partial charge in [0.05, 0.1) is 0 Å². The number of rotatable bonds is 4. The molecule has 0 saturated carbocycles. The van der Waals surface area contributed by atoms with Crippen LogP contribution < -0.4 is 4.74 Å². The lowest BCUT2D eigenvalue weighted by atomic mass is 10.4. The quantitative estimate of drug-likeness (QED) is 0.724. The average molecular weight is 235 g/mol. The normalized spacial score (nSPS) is 12.9. The molecule has 0 fully saturated rings. The standard InChI is InChI=1S/C8H11BrOS/c1-2-3-8(9)10-7-4-5-11-6-7/h4-6,8H,2-3H2,1H3. The first-order chi connectivity index (χ1) is 5.33. The van der Waals surface area contributed by atoms with Crippen molar-refractivity contribution in [3.8, 4) is 5.75 Å². The molecule has 0 aromatic carbocycles. The molecular weight excluding hydrogens is 224 g/mol. The molecule has 0 aliphatic carbocycles. The van der Waals surface area contributed by atoms with E-state index in [0.717, 1.165) is 18.6 Å². The largest absolute Gasteiger partial charge is 0.478 e. The molecule has 1 rings (SSSR count). The summed E-state index contributed by atoms with van der Waals surface area (Å²) in [5.74, 6) is 0.963. The van der Waals surface area contributed by atoms with Gasteiger partial charge in [0.1, 0.15) is 5.75 Å². The maximum Gasteiger partial charge on any atom is 0.153 e. The van der Waals surface area contributed by atoms with E-state index in [9.17, 15) is 0 Å². The highest BCUT2D eigenvalue weighted by Gasteiger charge is 2.03. The minimum Gasteiger partial charge on any atom is -0.478 e. The third-order valence-electron chi connectivity index (χ3n) is 1.27. The van der Waals surface area contributed by atoms with E-state index >= 15 is 0 Å². The van der Waals surface area contributed by atoms with E-state index in [-0.39, 0.29) is 5.01 Å². The summed E-state index contributed by atoms with van der Waals surface area (Å²) in [5, 5.41) is 4.19. The van der Waals surface area contributed by atoms with Crippen molar-refractivity contribution in [3.63, 3.8) is 0 Å². The summed E-state index contributed by atoms with van der Waals surface area (Å²) >= 11 is 5.10. The van der Waals surface area contributed by atoms with Crippen molar-refractivity contribution in [2.24, 2.45) is 0 Å². The van der Waals surface area contributed by atoms with Gasteiger partial charge in [-0.05, 0) is 33.8 Å². The Morgan fingerprint density at radius 1 is 1.73 bits per heavy atom. The van der Waals surface area contributed by atoms with E-state index in [2.05, 4.69) is 22.9 Å². The van der Waals surface area contributed by atoms with Crippen LogP contribution in [0.15, 0.2) is 16.8 Å². The summed E-state index contributed by atoms with van der Waals surface area (Å²) in [6, 6.07) is 1.98. The van der Waals surface area contributed by atoms with Crippen molar-refractivity contribution < 1.29 is 4.74 Å². The van der Waals surface area contributed by atoms with Crippen molar-refractivity contribution in [3.05, 3.63) is 16.8 Å². The smallest absolute Gasteiger partial charge is 0.153 e. The molecule has 0 aliphatic rings. The third kappa shape index (κ3) is 3.25. The van der Waals surface area contributed by atoms with E-state index in [4.69, 9.17) is 4.74 Å². The summed E-state index contributed by atoms with van der Waals surface area (Å²) in [6.07, 6.45) is 2.19. The topological polar surface area (TPSA) is 9.23 Å². The van der Waals surface area contributed by atoms with Crippen LogP contribution in [0.2, 0.25) is 0 Å². The first-order valence-electron chi connectivity index (χ1n) is 3.66. The van der Waals surface area contributed by atoms with Gasteiger partial charge in [-0.25, -0.2) is 0 Å². The van der Waals surface area contributed by atoms with E-state index in [1.54, 1.807) is 11.3 Å². The number of ether oxygens (including phenoxy) is 1. The molecular formula is C8H11BrOS. The highest BCUT2D eigenvalue weighted by atomic mass is 79.9. The maximum atomic E-state index is 5.52. The lowest BCUT2D eigenvalue weighted by Gasteiger charge is -2.09. The van der Waals surface area contributed by atoms with Gasteiger partial charge in [0.2, 0.25) is 0 Å². The van der Waals surface area contributed by atoms with Gasteiger partial charge in [0.15, 0.2) is 5.01 Å². The molecule has 0 N–H and O–H groups in total. The summed E-state index contributed by atoms with van der Waals surface area (Å²) in [4.78, 5) is 0. The van der Waals surface area contributed by atoms with Crippen LogP contribution in [0.3, 0.4) is 0 Å². The van der Waals surface area contributed by atoms with Crippen LogP contribution in [0.1, 0.15) is 19.8 Å². The highest BCUT2D eigenvalue weighted by Crippen LogP contribution is 2.20. The number of hydrogen-bond acceptors (Lipinski definition) is 2. The van der Waals surface area contributed by atoms with Crippen molar-refractivity contribution >= 4 is 27.3 Å². The number of alkyl halides is 1. The Kier molecular flexibility index (Phi) is 3.94. The zero-order valence-electron chi connectivity index (χ0n) is 6.42. The van der Waals surface area contributed by atoms with Crippen LogP contribution in [0, 0.1) is 0 Å². The van der Waals surface area contributed by atoms with Crippen LogP contribution in [0.4, 0.5) is 0 Å². The van der Waals surface area contributed by atoms with E-state index < -0.39 is 0 Å². The lowest BCUT2D eigenvalue weighted by Crippen LogP contribution is -2.06. The van der Waals surface area contributed by atoms with Gasteiger partial charge >= 0.3 is 0 Å². The van der Waals surface area contributed by atoms with E-state index in [1.165, 1.54) is 0 Å². The van der Waals surface area contributed by atoms with E-state index in [0.29, 0.717) is 0 Å². The fraction of sp³-hybridized carbons (Fsp3) is 0.500. The van der Waals surface area contributed by atoms with E-state index in [1.807, 2.05) is 16.8 Å². The second-order valence-corrected chi connectivity index (χ2v) is 4.08. The molecule has 11 heavy (non-hydrogen) atoms. The predicted octanol–water partition coefficient (Wildman–Crippen LogP) is 3.65. The Bertz CT molecular complexity index is 186. The first-order valence-corrected chi connectivity index (χ1v) is 5.51. The molecule has 1 nitrogen and oxygen atoms in total. The Balaban J connectivity index is 2.31. The van der Waals surface area contributed by atoms with Crippen LogP contribution in [-0.4, -0.2) is 5.01 Å². The molecule has 0 saturated heterocycles. The zero-order valence-corrected chi connectivity index (χ0v) is 8.82. The van der Waals surface area contributed by atoms with Gasteiger partial charge in [0, 0.05) is 5.38 Å². The molecule has 1 atom stereocenters. The second-order valence-electron chi connectivity index (χ2n) is 2.28. The van der Waals surface area contributed by atoms with Crippen molar-refractivity contribution in [2.45, 2.75) is 24.8 Å². The SMILES string of the molecule is CCCC(Br)Oc1ccsc1. The fourth-order valence-corrected chi connectivity index (χ4v) is 1.99. The number of halogens is 1. The fourth-order valence-electron chi connectivity index (χ4n) is 0.753. The monoisotopic (exact) mass is 234 g/mol. The Morgan fingerprint density at radius 2 is 2.55 bits per heavy atom. The molecule has 0 aliphatic heterocycles.